The summed E-state index contributed by atoms with van der Waals surface area (Å²) in [7, 11) is 1.40. The number of nitrogens with one attached hydrogen (secondary N) is 1. The summed E-state index contributed by atoms with van der Waals surface area (Å²) in [6.45, 7) is 5.95. The Balaban J connectivity index is 2.06. The van der Waals surface area contributed by atoms with Crippen LogP contribution in [0.1, 0.15) is 42.2 Å². The number of benzene rings is 1. The van der Waals surface area contributed by atoms with E-state index in [-0.39, 0.29) is 12.0 Å². The first-order valence-corrected chi connectivity index (χ1v) is 7.19. The van der Waals surface area contributed by atoms with Gasteiger partial charge >= 0.3 is 5.97 Å². The van der Waals surface area contributed by atoms with E-state index in [9.17, 15) is 4.79 Å². The predicted molar refractivity (Wildman–Crippen MR) is 77.7 cm³/mol. The van der Waals surface area contributed by atoms with E-state index in [1.54, 1.807) is 0 Å². The maximum Gasteiger partial charge on any atom is 0.337 e. The summed E-state index contributed by atoms with van der Waals surface area (Å²) < 4.78 is 10.5. The number of carbonyl (C=O) groups is 1. The average Bonchev–Trinajstić information content (AvgIpc) is 2.49. The summed E-state index contributed by atoms with van der Waals surface area (Å²) in [6.07, 6.45) is 1.26. The van der Waals surface area contributed by atoms with Crippen molar-refractivity contribution in [2.24, 2.45) is 5.92 Å². The number of ether oxygens (including phenoxy) is 2. The molecule has 1 aliphatic heterocycles. The van der Waals surface area contributed by atoms with Crippen LogP contribution < -0.4 is 5.32 Å². The topological polar surface area (TPSA) is 47.6 Å². The minimum Gasteiger partial charge on any atom is -0.465 e. The molecule has 1 aromatic carbocycles. The average molecular weight is 277 g/mol. The van der Waals surface area contributed by atoms with Crippen molar-refractivity contribution in [2.75, 3.05) is 20.3 Å². The van der Waals surface area contributed by atoms with Crippen molar-refractivity contribution in [1.29, 1.82) is 0 Å². The molecule has 1 N–H and O–H groups in total. The van der Waals surface area contributed by atoms with Gasteiger partial charge in [0.1, 0.15) is 0 Å². The first-order valence-electron chi connectivity index (χ1n) is 7.19. The van der Waals surface area contributed by atoms with Crippen LogP contribution in [0.3, 0.4) is 0 Å². The monoisotopic (exact) mass is 277 g/mol. The minimum atomic E-state index is -0.297. The van der Waals surface area contributed by atoms with E-state index in [0.29, 0.717) is 17.6 Å². The molecular weight excluding hydrogens is 254 g/mol. The van der Waals surface area contributed by atoms with Gasteiger partial charge in [0.25, 0.3) is 0 Å². The minimum absolute atomic E-state index is 0.287. The number of hydrogen-bond donors (Lipinski definition) is 1. The fourth-order valence-corrected chi connectivity index (χ4v) is 2.68. The standard InChI is InChI=1S/C16H23NO3/c1-4-20-15-9-14(17-10-11(15)2)12-5-7-13(8-6-12)16(18)19-3/h5-8,11,14-15,17H,4,9-10H2,1-3H3. The zero-order valence-corrected chi connectivity index (χ0v) is 12.4. The number of hydrogen-bond acceptors (Lipinski definition) is 4. The Morgan fingerprint density at radius 1 is 1.35 bits per heavy atom. The highest BCUT2D eigenvalue weighted by Crippen LogP contribution is 2.28. The second-order valence-corrected chi connectivity index (χ2v) is 5.28. The molecular formula is C16H23NO3. The van der Waals surface area contributed by atoms with Gasteiger partial charge in [-0.15, -0.1) is 0 Å². The first kappa shape index (κ1) is 15.0. The van der Waals surface area contributed by atoms with E-state index in [2.05, 4.69) is 12.2 Å². The SMILES string of the molecule is CCOC1CC(c2ccc(C(=O)OC)cc2)NCC1C. The van der Waals surface area contributed by atoms with Gasteiger partial charge in [0.05, 0.1) is 18.8 Å². The first-order chi connectivity index (χ1) is 9.65. The lowest BCUT2D eigenvalue weighted by atomic mass is 9.89. The van der Waals surface area contributed by atoms with Crippen molar-refractivity contribution in [2.45, 2.75) is 32.4 Å². The summed E-state index contributed by atoms with van der Waals surface area (Å²) >= 11 is 0. The van der Waals surface area contributed by atoms with Crippen LogP contribution in [-0.2, 0) is 9.47 Å². The van der Waals surface area contributed by atoms with Crippen molar-refractivity contribution in [3.63, 3.8) is 0 Å². The molecule has 1 fully saturated rings. The largest absolute Gasteiger partial charge is 0.465 e. The molecule has 0 radical (unpaired) electrons. The molecule has 0 spiro atoms. The molecule has 3 unspecified atom stereocenters. The Hall–Kier alpha value is -1.39. The van der Waals surface area contributed by atoms with Gasteiger partial charge in [0, 0.05) is 19.2 Å². The Morgan fingerprint density at radius 3 is 2.65 bits per heavy atom. The van der Waals surface area contributed by atoms with Crippen LogP contribution in [0, 0.1) is 5.92 Å². The lowest BCUT2D eigenvalue weighted by Gasteiger charge is -2.35. The third-order valence-electron chi connectivity index (χ3n) is 3.90. The molecule has 0 saturated carbocycles. The lowest BCUT2D eigenvalue weighted by molar-refractivity contribution is -0.00390. The van der Waals surface area contributed by atoms with Crippen LogP contribution in [0.4, 0.5) is 0 Å². The summed E-state index contributed by atoms with van der Waals surface area (Å²) in [6, 6.07) is 7.90. The van der Waals surface area contributed by atoms with Gasteiger partial charge in [0.2, 0.25) is 0 Å². The third kappa shape index (κ3) is 3.38. The molecule has 110 valence electrons. The third-order valence-corrected chi connectivity index (χ3v) is 3.90. The highest BCUT2D eigenvalue weighted by molar-refractivity contribution is 5.89. The molecule has 1 saturated heterocycles. The molecule has 2 rings (SSSR count). The number of methoxy groups -OCH3 is 1. The molecule has 0 amide bonds. The van der Waals surface area contributed by atoms with Gasteiger partial charge in [-0.3, -0.25) is 0 Å². The molecule has 20 heavy (non-hydrogen) atoms. The van der Waals surface area contributed by atoms with Crippen molar-refractivity contribution in [3.05, 3.63) is 35.4 Å². The van der Waals surface area contributed by atoms with E-state index in [1.165, 1.54) is 12.7 Å². The zero-order chi connectivity index (χ0) is 14.5. The number of piperidine rings is 1. The van der Waals surface area contributed by atoms with Crippen LogP contribution in [-0.4, -0.2) is 32.3 Å². The highest BCUT2D eigenvalue weighted by atomic mass is 16.5. The van der Waals surface area contributed by atoms with E-state index < -0.39 is 0 Å². The van der Waals surface area contributed by atoms with Crippen molar-refractivity contribution in [1.82, 2.24) is 5.32 Å². The maximum atomic E-state index is 11.4. The Kier molecular flexibility index (Phi) is 5.15. The molecule has 0 bridgehead atoms. The Labute approximate surface area is 120 Å². The molecule has 3 atom stereocenters. The molecule has 1 aliphatic rings. The van der Waals surface area contributed by atoms with Gasteiger partial charge in [-0.2, -0.15) is 0 Å². The molecule has 4 nitrogen and oxygen atoms in total. The van der Waals surface area contributed by atoms with Crippen molar-refractivity contribution < 1.29 is 14.3 Å². The zero-order valence-electron chi connectivity index (χ0n) is 12.4. The van der Waals surface area contributed by atoms with Gasteiger partial charge < -0.3 is 14.8 Å². The second-order valence-electron chi connectivity index (χ2n) is 5.28. The predicted octanol–water partition coefficient (Wildman–Crippen LogP) is 2.55. The van der Waals surface area contributed by atoms with E-state index >= 15 is 0 Å². The van der Waals surface area contributed by atoms with Gasteiger partial charge in [-0.25, -0.2) is 4.79 Å². The van der Waals surface area contributed by atoms with Crippen molar-refractivity contribution in [3.8, 4) is 0 Å². The van der Waals surface area contributed by atoms with Crippen molar-refractivity contribution >= 4 is 5.97 Å². The van der Waals surface area contributed by atoms with Crippen LogP contribution in [0.25, 0.3) is 0 Å². The Bertz CT molecular complexity index is 444. The number of esters is 1. The quantitative estimate of drug-likeness (QED) is 0.859. The second kappa shape index (κ2) is 6.86. The molecule has 1 heterocycles. The molecule has 0 aliphatic carbocycles. The normalized spacial score (nSPS) is 26.2. The summed E-state index contributed by atoms with van der Waals surface area (Å²) in [5.41, 5.74) is 1.77. The van der Waals surface area contributed by atoms with Crippen LogP contribution >= 0.6 is 0 Å². The smallest absolute Gasteiger partial charge is 0.337 e. The fourth-order valence-electron chi connectivity index (χ4n) is 2.68. The highest BCUT2D eigenvalue weighted by Gasteiger charge is 2.28. The Morgan fingerprint density at radius 2 is 2.05 bits per heavy atom. The van der Waals surface area contributed by atoms with Crippen LogP contribution in [0.15, 0.2) is 24.3 Å². The molecule has 0 aromatic heterocycles. The van der Waals surface area contributed by atoms with Crippen LogP contribution in [0.2, 0.25) is 0 Å². The van der Waals surface area contributed by atoms with Gasteiger partial charge in [0.15, 0.2) is 0 Å². The number of rotatable bonds is 4. The summed E-state index contributed by atoms with van der Waals surface area (Å²) in [5.74, 6) is 0.231. The van der Waals surface area contributed by atoms with E-state index in [1.807, 2.05) is 31.2 Å². The molecule has 1 aromatic rings. The maximum absolute atomic E-state index is 11.4. The molecule has 4 heteroatoms. The van der Waals surface area contributed by atoms with E-state index in [0.717, 1.165) is 19.6 Å². The summed E-state index contributed by atoms with van der Waals surface area (Å²) in [4.78, 5) is 11.4. The van der Waals surface area contributed by atoms with Crippen LogP contribution in [0.5, 0.6) is 0 Å². The fraction of sp³-hybridized carbons (Fsp3) is 0.562. The summed E-state index contributed by atoms with van der Waals surface area (Å²) in [5, 5.41) is 3.54. The van der Waals surface area contributed by atoms with Gasteiger partial charge in [-0.1, -0.05) is 19.1 Å². The lowest BCUT2D eigenvalue weighted by Crippen LogP contribution is -2.42. The van der Waals surface area contributed by atoms with E-state index in [4.69, 9.17) is 9.47 Å². The van der Waals surface area contributed by atoms with Gasteiger partial charge in [-0.05, 0) is 37.0 Å². The number of carbonyl (C=O) groups excluding carboxylic acids is 1.